The van der Waals surface area contributed by atoms with Crippen molar-refractivity contribution in [2.45, 2.75) is 64.0 Å². The Balaban J connectivity index is 1.91. The molecule has 2 rings (SSSR count). The van der Waals surface area contributed by atoms with Crippen LogP contribution in [-0.4, -0.2) is 62.7 Å². The van der Waals surface area contributed by atoms with Crippen molar-refractivity contribution in [1.29, 1.82) is 0 Å². The Morgan fingerprint density at radius 3 is 2.17 bits per heavy atom. The number of likely N-dealkylation sites (N-methyl/N-ethyl adjacent to an activating group) is 1. The van der Waals surface area contributed by atoms with Crippen molar-refractivity contribution in [3.05, 3.63) is 0 Å². The zero-order valence-corrected chi connectivity index (χ0v) is 15.5. The van der Waals surface area contributed by atoms with Crippen LogP contribution in [0.25, 0.3) is 0 Å². The van der Waals surface area contributed by atoms with Crippen molar-refractivity contribution in [2.75, 3.05) is 33.9 Å². The lowest BCUT2D eigenvalue weighted by molar-refractivity contribution is -0.127. The van der Waals surface area contributed by atoms with Gasteiger partial charge in [0, 0.05) is 39.4 Å². The second-order valence-corrected chi connectivity index (χ2v) is 7.25. The van der Waals surface area contributed by atoms with Crippen molar-refractivity contribution in [3.63, 3.8) is 0 Å². The van der Waals surface area contributed by atoms with E-state index in [0.717, 1.165) is 37.9 Å². The van der Waals surface area contributed by atoms with Gasteiger partial charge < -0.3 is 20.3 Å². The summed E-state index contributed by atoms with van der Waals surface area (Å²) < 4.78 is 5.42. The minimum atomic E-state index is 0.0257. The third kappa shape index (κ3) is 6.30. The molecule has 0 aromatic heterocycles. The summed E-state index contributed by atoms with van der Waals surface area (Å²) in [6, 6.07) is 0.847. The molecule has 0 spiro atoms. The number of rotatable bonds is 5. The van der Waals surface area contributed by atoms with E-state index in [4.69, 9.17) is 4.74 Å². The predicted octanol–water partition coefficient (Wildman–Crippen LogP) is 1.76. The van der Waals surface area contributed by atoms with Crippen LogP contribution in [0.3, 0.4) is 0 Å². The number of nitrogens with zero attached hydrogens (tertiary/aromatic N) is 2. The number of guanidine groups is 1. The van der Waals surface area contributed by atoms with Gasteiger partial charge in [-0.05, 0) is 44.4 Å². The molecule has 2 N–H and O–H groups in total. The molecular weight excluding hydrogens is 304 g/mol. The highest BCUT2D eigenvalue weighted by atomic mass is 16.5. The molecular formula is C18H34N4O2. The Kier molecular flexibility index (Phi) is 7.82. The molecule has 1 saturated carbocycles. The van der Waals surface area contributed by atoms with Gasteiger partial charge in [-0.3, -0.25) is 4.79 Å². The normalized spacial score (nSPS) is 26.0. The molecule has 6 nitrogen and oxygen atoms in total. The van der Waals surface area contributed by atoms with E-state index in [1.54, 1.807) is 19.0 Å². The summed E-state index contributed by atoms with van der Waals surface area (Å²) in [6.07, 6.45) is 8.22. The molecule has 138 valence electrons. The van der Waals surface area contributed by atoms with E-state index in [1.165, 1.54) is 32.1 Å². The molecule has 1 saturated heterocycles. The number of hydrogen-bond donors (Lipinski definition) is 2. The van der Waals surface area contributed by atoms with Crippen molar-refractivity contribution in [1.82, 2.24) is 15.5 Å². The van der Waals surface area contributed by atoms with Crippen LogP contribution in [0.2, 0.25) is 0 Å². The lowest BCUT2D eigenvalue weighted by Crippen LogP contribution is -2.50. The Hall–Kier alpha value is -1.30. The number of nitrogens with one attached hydrogen (secondary N) is 2. The first-order valence-electron chi connectivity index (χ1n) is 9.44. The highest BCUT2D eigenvalue weighted by Crippen LogP contribution is 2.26. The first-order chi connectivity index (χ1) is 11.6. The molecule has 1 heterocycles. The Morgan fingerprint density at radius 2 is 1.62 bits per heavy atom. The molecule has 0 unspecified atom stereocenters. The minimum absolute atomic E-state index is 0.0257. The predicted molar refractivity (Wildman–Crippen MR) is 97.1 cm³/mol. The van der Waals surface area contributed by atoms with Crippen molar-refractivity contribution in [3.8, 4) is 0 Å². The van der Waals surface area contributed by atoms with Gasteiger partial charge >= 0.3 is 0 Å². The summed E-state index contributed by atoms with van der Waals surface area (Å²) >= 11 is 0. The van der Waals surface area contributed by atoms with Crippen LogP contribution in [0.15, 0.2) is 4.99 Å². The van der Waals surface area contributed by atoms with Crippen molar-refractivity contribution in [2.24, 2.45) is 10.9 Å². The summed E-state index contributed by atoms with van der Waals surface area (Å²) in [5.74, 6) is 1.69. The van der Waals surface area contributed by atoms with Gasteiger partial charge in [0.2, 0.25) is 5.91 Å². The quantitative estimate of drug-likeness (QED) is 0.592. The molecule has 2 aliphatic rings. The largest absolute Gasteiger partial charge is 0.381 e. The maximum atomic E-state index is 11.9. The Morgan fingerprint density at radius 1 is 1.04 bits per heavy atom. The second-order valence-electron chi connectivity index (χ2n) is 7.25. The maximum Gasteiger partial charge on any atom is 0.243 e. The fourth-order valence-electron chi connectivity index (χ4n) is 3.36. The summed E-state index contributed by atoms with van der Waals surface area (Å²) in [5, 5.41) is 7.08. The molecule has 0 aromatic rings. The zero-order valence-electron chi connectivity index (χ0n) is 15.5. The first-order valence-corrected chi connectivity index (χ1v) is 9.44. The van der Waals surface area contributed by atoms with Gasteiger partial charge in [-0.15, -0.1) is 0 Å². The first kappa shape index (κ1) is 19.0. The molecule has 0 aromatic carbocycles. The van der Waals surface area contributed by atoms with Crippen LogP contribution in [0.4, 0.5) is 0 Å². The van der Waals surface area contributed by atoms with Crippen LogP contribution >= 0.6 is 0 Å². The highest BCUT2D eigenvalue weighted by Gasteiger charge is 2.22. The average Bonchev–Trinajstić information content (AvgIpc) is 2.60. The topological polar surface area (TPSA) is 66.0 Å². The number of ether oxygens (including phenoxy) is 1. The van der Waals surface area contributed by atoms with Crippen LogP contribution in [0, 0.1) is 5.92 Å². The van der Waals surface area contributed by atoms with Gasteiger partial charge in [-0.2, -0.15) is 0 Å². The summed E-state index contributed by atoms with van der Waals surface area (Å²) in [5.41, 5.74) is 0. The molecule has 0 atom stereocenters. The van der Waals surface area contributed by atoms with E-state index < -0.39 is 0 Å². The fraction of sp³-hybridized carbons (Fsp3) is 0.889. The van der Waals surface area contributed by atoms with Gasteiger partial charge in [0.1, 0.15) is 6.54 Å². The third-order valence-electron chi connectivity index (χ3n) is 5.20. The van der Waals surface area contributed by atoms with Crippen molar-refractivity contribution < 1.29 is 9.53 Å². The van der Waals surface area contributed by atoms with Crippen LogP contribution in [0.5, 0.6) is 0 Å². The number of amides is 1. The van der Waals surface area contributed by atoms with E-state index >= 15 is 0 Å². The van der Waals surface area contributed by atoms with Gasteiger partial charge in [-0.1, -0.05) is 13.3 Å². The van der Waals surface area contributed by atoms with Gasteiger partial charge in [0.05, 0.1) is 0 Å². The van der Waals surface area contributed by atoms with E-state index in [2.05, 4.69) is 22.5 Å². The number of carbonyl (C=O) groups is 1. The minimum Gasteiger partial charge on any atom is -0.381 e. The molecule has 2 fully saturated rings. The Labute approximate surface area is 146 Å². The summed E-state index contributed by atoms with van der Waals surface area (Å²) in [6.45, 7) is 4.06. The van der Waals surface area contributed by atoms with Gasteiger partial charge in [0.25, 0.3) is 0 Å². The number of hydrogen-bond acceptors (Lipinski definition) is 3. The van der Waals surface area contributed by atoms with E-state index in [1.807, 2.05) is 0 Å². The smallest absolute Gasteiger partial charge is 0.243 e. The monoisotopic (exact) mass is 338 g/mol. The average molecular weight is 338 g/mol. The van der Waals surface area contributed by atoms with Crippen LogP contribution in [-0.2, 0) is 9.53 Å². The zero-order chi connectivity index (χ0) is 17.4. The van der Waals surface area contributed by atoms with Gasteiger partial charge in [0.15, 0.2) is 5.96 Å². The van der Waals surface area contributed by atoms with Crippen LogP contribution in [0.1, 0.15) is 51.9 Å². The number of carbonyl (C=O) groups excluding carboxylic acids is 1. The molecule has 0 radical (unpaired) electrons. The van der Waals surface area contributed by atoms with E-state index in [9.17, 15) is 4.79 Å². The number of aliphatic imine (C=N–C) groups is 1. The van der Waals surface area contributed by atoms with Gasteiger partial charge in [-0.25, -0.2) is 4.99 Å². The maximum absolute atomic E-state index is 11.9. The molecule has 24 heavy (non-hydrogen) atoms. The third-order valence-corrected chi connectivity index (χ3v) is 5.20. The second kappa shape index (κ2) is 9.87. The standard InChI is InChI=1S/C18H34N4O2/c1-4-14-5-7-15(8-6-14)20-18(19-13-17(23)22(2)3)21-16-9-11-24-12-10-16/h14-16H,4-13H2,1-3H3,(H2,19,20,21). The summed E-state index contributed by atoms with van der Waals surface area (Å²) in [4.78, 5) is 18.0. The molecule has 6 heteroatoms. The van der Waals surface area contributed by atoms with Crippen LogP contribution < -0.4 is 10.6 Å². The van der Waals surface area contributed by atoms with E-state index in [0.29, 0.717) is 12.1 Å². The lowest BCUT2D eigenvalue weighted by Gasteiger charge is -2.31. The van der Waals surface area contributed by atoms with Crippen molar-refractivity contribution >= 4 is 11.9 Å². The molecule has 1 aliphatic heterocycles. The fourth-order valence-corrected chi connectivity index (χ4v) is 3.36. The lowest BCUT2D eigenvalue weighted by atomic mass is 9.84. The Bertz CT molecular complexity index is 411. The molecule has 0 bridgehead atoms. The SMILES string of the molecule is CCC1CCC(NC(=NCC(=O)N(C)C)NC2CCOCC2)CC1. The molecule has 1 aliphatic carbocycles. The van der Waals surface area contributed by atoms with E-state index in [-0.39, 0.29) is 12.5 Å². The summed E-state index contributed by atoms with van der Waals surface area (Å²) in [7, 11) is 3.53. The highest BCUT2D eigenvalue weighted by molar-refractivity contribution is 5.85. The molecule has 1 amide bonds.